The summed E-state index contributed by atoms with van der Waals surface area (Å²) in [6.45, 7) is 0.791. The fraction of sp³-hybridized carbons (Fsp3) is 0.500. The van der Waals surface area contributed by atoms with Crippen LogP contribution in [0.3, 0.4) is 0 Å². The van der Waals surface area contributed by atoms with Crippen LogP contribution in [0.1, 0.15) is 41.6 Å². The lowest BCUT2D eigenvalue weighted by Crippen LogP contribution is -2.34. The van der Waals surface area contributed by atoms with Gasteiger partial charge in [-0.2, -0.15) is 0 Å². The molecule has 1 aliphatic carbocycles. The Morgan fingerprint density at radius 1 is 1.22 bits per heavy atom. The summed E-state index contributed by atoms with van der Waals surface area (Å²) in [5.41, 5.74) is 6.88. The van der Waals surface area contributed by atoms with Crippen LogP contribution in [0.4, 0.5) is 0 Å². The number of primary amides is 1. The number of nitrogens with two attached hydrogens (primary N) is 1. The zero-order valence-electron chi connectivity index (χ0n) is 10.4. The Hall–Kier alpha value is -1.39. The van der Waals surface area contributed by atoms with E-state index >= 15 is 0 Å². The number of amides is 1. The van der Waals surface area contributed by atoms with Gasteiger partial charge in [-0.1, -0.05) is 12.1 Å². The standard InChI is InChI=1S/C14H20N2O2/c15-14(18)11-3-1-10(2-4-11)9-16-12-5-7-13(17)8-6-12/h1-4,12-13,16-17H,5-9H2,(H2,15,18). The maximum absolute atomic E-state index is 10.9. The van der Waals surface area contributed by atoms with E-state index in [-0.39, 0.29) is 6.10 Å². The molecule has 1 fully saturated rings. The molecule has 0 heterocycles. The normalized spacial score (nSPS) is 23.8. The Labute approximate surface area is 107 Å². The predicted molar refractivity (Wildman–Crippen MR) is 70.1 cm³/mol. The van der Waals surface area contributed by atoms with Crippen LogP contribution in [0.15, 0.2) is 24.3 Å². The van der Waals surface area contributed by atoms with Crippen molar-refractivity contribution in [1.82, 2.24) is 5.32 Å². The van der Waals surface area contributed by atoms with Gasteiger partial charge in [-0.3, -0.25) is 4.79 Å². The molecular weight excluding hydrogens is 228 g/mol. The molecule has 0 atom stereocenters. The molecule has 2 rings (SSSR count). The van der Waals surface area contributed by atoms with Crippen LogP contribution >= 0.6 is 0 Å². The number of hydrogen-bond acceptors (Lipinski definition) is 3. The van der Waals surface area contributed by atoms with Gasteiger partial charge >= 0.3 is 0 Å². The van der Waals surface area contributed by atoms with Gasteiger partial charge in [-0.15, -0.1) is 0 Å². The molecule has 18 heavy (non-hydrogen) atoms. The zero-order valence-corrected chi connectivity index (χ0v) is 10.4. The topological polar surface area (TPSA) is 75.4 Å². The van der Waals surface area contributed by atoms with Gasteiger partial charge in [-0.25, -0.2) is 0 Å². The van der Waals surface area contributed by atoms with Crippen molar-refractivity contribution >= 4 is 5.91 Å². The maximum Gasteiger partial charge on any atom is 0.248 e. The second kappa shape index (κ2) is 5.98. The van der Waals surface area contributed by atoms with Crippen molar-refractivity contribution in [2.45, 2.75) is 44.4 Å². The molecule has 0 saturated heterocycles. The highest BCUT2D eigenvalue weighted by Crippen LogP contribution is 2.18. The third kappa shape index (κ3) is 3.55. The van der Waals surface area contributed by atoms with Crippen LogP contribution < -0.4 is 11.1 Å². The molecule has 1 aliphatic rings. The van der Waals surface area contributed by atoms with Crippen LogP contribution in [-0.2, 0) is 6.54 Å². The molecule has 0 aliphatic heterocycles. The Balaban J connectivity index is 1.81. The maximum atomic E-state index is 10.9. The van der Waals surface area contributed by atoms with Gasteiger partial charge in [0.2, 0.25) is 5.91 Å². The molecule has 98 valence electrons. The number of rotatable bonds is 4. The fourth-order valence-electron chi connectivity index (χ4n) is 2.33. The number of aliphatic hydroxyl groups is 1. The van der Waals surface area contributed by atoms with E-state index in [1.807, 2.05) is 12.1 Å². The van der Waals surface area contributed by atoms with Crippen molar-refractivity contribution in [1.29, 1.82) is 0 Å². The van der Waals surface area contributed by atoms with Crippen LogP contribution in [0.5, 0.6) is 0 Å². The predicted octanol–water partition coefficient (Wildman–Crippen LogP) is 1.18. The summed E-state index contributed by atoms with van der Waals surface area (Å²) in [5, 5.41) is 12.9. The number of carbonyl (C=O) groups is 1. The Morgan fingerprint density at radius 2 is 1.83 bits per heavy atom. The first-order valence-electron chi connectivity index (χ1n) is 6.45. The summed E-state index contributed by atoms with van der Waals surface area (Å²) in [4.78, 5) is 10.9. The monoisotopic (exact) mass is 248 g/mol. The average Bonchev–Trinajstić information content (AvgIpc) is 2.38. The molecule has 1 amide bonds. The van der Waals surface area contributed by atoms with E-state index in [1.165, 1.54) is 0 Å². The molecule has 0 spiro atoms. The quantitative estimate of drug-likeness (QED) is 0.749. The third-order valence-corrected chi connectivity index (χ3v) is 3.53. The Bertz CT molecular complexity index is 395. The number of hydrogen-bond donors (Lipinski definition) is 3. The van der Waals surface area contributed by atoms with Crippen LogP contribution in [-0.4, -0.2) is 23.2 Å². The zero-order chi connectivity index (χ0) is 13.0. The van der Waals surface area contributed by atoms with E-state index < -0.39 is 5.91 Å². The van der Waals surface area contributed by atoms with E-state index in [4.69, 9.17) is 5.73 Å². The minimum Gasteiger partial charge on any atom is -0.393 e. The van der Waals surface area contributed by atoms with Gasteiger partial charge in [0.1, 0.15) is 0 Å². The average molecular weight is 248 g/mol. The van der Waals surface area contributed by atoms with Gasteiger partial charge in [-0.05, 0) is 43.4 Å². The summed E-state index contributed by atoms with van der Waals surface area (Å²) in [7, 11) is 0. The first-order valence-corrected chi connectivity index (χ1v) is 6.45. The van der Waals surface area contributed by atoms with Crippen LogP contribution in [0.25, 0.3) is 0 Å². The highest BCUT2D eigenvalue weighted by Gasteiger charge is 2.18. The molecule has 4 N–H and O–H groups in total. The first-order chi connectivity index (χ1) is 8.65. The minimum absolute atomic E-state index is 0.113. The number of nitrogens with one attached hydrogen (secondary N) is 1. The van der Waals surface area contributed by atoms with Crippen molar-refractivity contribution in [3.05, 3.63) is 35.4 Å². The molecule has 4 heteroatoms. The van der Waals surface area contributed by atoms with Crippen molar-refractivity contribution in [2.24, 2.45) is 5.73 Å². The Morgan fingerprint density at radius 3 is 2.39 bits per heavy atom. The second-order valence-electron chi connectivity index (χ2n) is 4.95. The third-order valence-electron chi connectivity index (χ3n) is 3.53. The fourth-order valence-corrected chi connectivity index (χ4v) is 2.33. The number of aliphatic hydroxyl groups excluding tert-OH is 1. The van der Waals surface area contributed by atoms with E-state index in [0.29, 0.717) is 11.6 Å². The molecule has 0 radical (unpaired) electrons. The van der Waals surface area contributed by atoms with Gasteiger partial charge < -0.3 is 16.2 Å². The molecule has 0 bridgehead atoms. The number of carbonyl (C=O) groups excluding carboxylic acids is 1. The van der Waals surface area contributed by atoms with Crippen LogP contribution in [0.2, 0.25) is 0 Å². The summed E-state index contributed by atoms with van der Waals surface area (Å²) in [6.07, 6.45) is 3.72. The lowest BCUT2D eigenvalue weighted by Gasteiger charge is -2.26. The number of benzene rings is 1. The molecule has 1 aromatic rings. The molecular formula is C14H20N2O2. The van der Waals surface area contributed by atoms with Crippen molar-refractivity contribution in [2.75, 3.05) is 0 Å². The molecule has 1 saturated carbocycles. The lowest BCUT2D eigenvalue weighted by atomic mass is 9.93. The van der Waals surface area contributed by atoms with E-state index in [2.05, 4.69) is 5.32 Å². The van der Waals surface area contributed by atoms with E-state index in [1.54, 1.807) is 12.1 Å². The first kappa shape index (κ1) is 13.1. The minimum atomic E-state index is -0.393. The Kier molecular flexibility index (Phi) is 4.33. The van der Waals surface area contributed by atoms with Gasteiger partial charge in [0.05, 0.1) is 6.10 Å². The van der Waals surface area contributed by atoms with E-state index in [9.17, 15) is 9.90 Å². The SMILES string of the molecule is NC(=O)c1ccc(CNC2CCC(O)CC2)cc1. The molecule has 0 unspecified atom stereocenters. The molecule has 0 aromatic heterocycles. The van der Waals surface area contributed by atoms with Gasteiger partial charge in [0.25, 0.3) is 0 Å². The van der Waals surface area contributed by atoms with Crippen LogP contribution in [0, 0.1) is 0 Å². The molecule has 4 nitrogen and oxygen atoms in total. The van der Waals surface area contributed by atoms with Crippen molar-refractivity contribution < 1.29 is 9.90 Å². The van der Waals surface area contributed by atoms with E-state index in [0.717, 1.165) is 37.8 Å². The highest BCUT2D eigenvalue weighted by molar-refractivity contribution is 5.92. The summed E-state index contributed by atoms with van der Waals surface area (Å²) >= 11 is 0. The van der Waals surface area contributed by atoms with Crippen molar-refractivity contribution in [3.63, 3.8) is 0 Å². The summed E-state index contributed by atoms with van der Waals surface area (Å²) < 4.78 is 0. The van der Waals surface area contributed by atoms with Crippen molar-refractivity contribution in [3.8, 4) is 0 Å². The second-order valence-corrected chi connectivity index (χ2v) is 4.95. The smallest absolute Gasteiger partial charge is 0.248 e. The summed E-state index contributed by atoms with van der Waals surface area (Å²) in [6, 6.07) is 7.84. The summed E-state index contributed by atoms with van der Waals surface area (Å²) in [5.74, 6) is -0.393. The lowest BCUT2D eigenvalue weighted by molar-refractivity contribution is 0.1000. The molecule has 1 aromatic carbocycles. The van der Waals surface area contributed by atoms with Gasteiger partial charge in [0, 0.05) is 18.2 Å². The largest absolute Gasteiger partial charge is 0.393 e. The highest BCUT2D eigenvalue weighted by atomic mass is 16.3. The van der Waals surface area contributed by atoms with Gasteiger partial charge in [0.15, 0.2) is 0 Å².